The zero-order chi connectivity index (χ0) is 18.2. The van der Waals surface area contributed by atoms with E-state index in [1.807, 2.05) is 9.47 Å². The Labute approximate surface area is 139 Å². The third-order valence-corrected chi connectivity index (χ3v) is 4.11. The molecule has 0 saturated heterocycles. The van der Waals surface area contributed by atoms with Gasteiger partial charge in [-0.05, 0) is 30.2 Å². The van der Waals surface area contributed by atoms with Crippen LogP contribution in [0.4, 0.5) is 26.3 Å². The Balaban J connectivity index is 1.89. The molecule has 0 bridgehead atoms. The maximum absolute atomic E-state index is 12.9. The summed E-state index contributed by atoms with van der Waals surface area (Å²) in [5, 5.41) is 0. The van der Waals surface area contributed by atoms with Crippen LogP contribution in [0.3, 0.4) is 0 Å². The normalized spacial score (nSPS) is 16.6. The van der Waals surface area contributed by atoms with Crippen LogP contribution in [0.15, 0.2) is 30.7 Å². The molecule has 1 aromatic heterocycles. The van der Waals surface area contributed by atoms with E-state index in [1.54, 1.807) is 12.5 Å². The monoisotopic (exact) mass is 363 g/mol. The highest BCUT2D eigenvalue weighted by molar-refractivity contribution is 5.33. The quantitative estimate of drug-likeness (QED) is 0.741. The van der Waals surface area contributed by atoms with Crippen LogP contribution in [0.2, 0.25) is 0 Å². The molecule has 25 heavy (non-hydrogen) atoms. The Kier molecular flexibility index (Phi) is 4.52. The molecule has 136 valence electrons. The predicted molar refractivity (Wildman–Crippen MR) is 77.4 cm³/mol. The van der Waals surface area contributed by atoms with Gasteiger partial charge in [-0.3, -0.25) is 4.90 Å². The van der Waals surface area contributed by atoms with E-state index in [0.717, 1.165) is 30.8 Å². The molecular formula is C16H15F6N3. The second kappa shape index (κ2) is 6.36. The molecule has 0 radical (unpaired) electrons. The molecule has 3 rings (SSSR count). The number of fused-ring (bicyclic) bond motifs is 1. The molecule has 0 unspecified atom stereocenters. The highest BCUT2D eigenvalue weighted by atomic mass is 19.4. The Bertz CT molecular complexity index is 715. The Morgan fingerprint density at radius 2 is 1.56 bits per heavy atom. The fourth-order valence-electron chi connectivity index (χ4n) is 2.96. The van der Waals surface area contributed by atoms with Crippen molar-refractivity contribution in [3.05, 3.63) is 53.1 Å². The molecule has 0 amide bonds. The van der Waals surface area contributed by atoms with E-state index in [0.29, 0.717) is 13.1 Å². The van der Waals surface area contributed by atoms with E-state index in [4.69, 9.17) is 0 Å². The van der Waals surface area contributed by atoms with Crippen molar-refractivity contribution in [2.24, 2.45) is 0 Å². The second-order valence-electron chi connectivity index (χ2n) is 6.06. The molecule has 0 fully saturated rings. The van der Waals surface area contributed by atoms with Gasteiger partial charge in [0.2, 0.25) is 0 Å². The minimum atomic E-state index is -4.83. The zero-order valence-corrected chi connectivity index (χ0v) is 13.0. The topological polar surface area (TPSA) is 21.1 Å². The summed E-state index contributed by atoms with van der Waals surface area (Å²) in [5.74, 6) is 0. The van der Waals surface area contributed by atoms with E-state index in [9.17, 15) is 26.3 Å². The van der Waals surface area contributed by atoms with Gasteiger partial charge in [-0.25, -0.2) is 4.98 Å². The molecular weight excluding hydrogens is 348 g/mol. The molecule has 1 aliphatic rings. The zero-order valence-electron chi connectivity index (χ0n) is 13.0. The Hall–Kier alpha value is -2.03. The van der Waals surface area contributed by atoms with E-state index >= 15 is 0 Å². The second-order valence-corrected chi connectivity index (χ2v) is 6.06. The van der Waals surface area contributed by atoms with Gasteiger partial charge in [0.05, 0.1) is 23.1 Å². The van der Waals surface area contributed by atoms with Crippen molar-refractivity contribution in [3.8, 4) is 0 Å². The van der Waals surface area contributed by atoms with E-state index in [2.05, 4.69) is 4.98 Å². The number of hydrogen-bond acceptors (Lipinski definition) is 2. The van der Waals surface area contributed by atoms with Gasteiger partial charge < -0.3 is 4.57 Å². The van der Waals surface area contributed by atoms with Crippen LogP contribution in [0.25, 0.3) is 0 Å². The maximum Gasteiger partial charge on any atom is 0.416 e. The summed E-state index contributed by atoms with van der Waals surface area (Å²) in [6.07, 6.45) is -5.58. The van der Waals surface area contributed by atoms with Gasteiger partial charge in [0.25, 0.3) is 0 Å². The van der Waals surface area contributed by atoms with Gasteiger partial charge in [-0.1, -0.05) is 0 Å². The van der Waals surface area contributed by atoms with Crippen LogP contribution < -0.4 is 0 Å². The summed E-state index contributed by atoms with van der Waals surface area (Å²) >= 11 is 0. The first kappa shape index (κ1) is 17.8. The number of aromatic nitrogens is 2. The van der Waals surface area contributed by atoms with Gasteiger partial charge in [-0.2, -0.15) is 26.3 Å². The highest BCUT2D eigenvalue weighted by Gasteiger charge is 2.37. The molecule has 2 aromatic rings. The number of halogens is 6. The summed E-state index contributed by atoms with van der Waals surface area (Å²) in [4.78, 5) is 5.85. The number of aryl methyl sites for hydroxylation is 1. The SMILES string of the molecule is FC(F)(F)c1cc(CN2CCCn3cncc3C2)cc(C(F)(F)F)c1. The number of rotatable bonds is 2. The van der Waals surface area contributed by atoms with Crippen LogP contribution >= 0.6 is 0 Å². The lowest BCUT2D eigenvalue weighted by atomic mass is 10.0. The van der Waals surface area contributed by atoms with Crippen LogP contribution in [-0.2, 0) is 32.0 Å². The van der Waals surface area contributed by atoms with Gasteiger partial charge >= 0.3 is 12.4 Å². The first-order valence-electron chi connectivity index (χ1n) is 7.62. The first-order chi connectivity index (χ1) is 11.6. The van der Waals surface area contributed by atoms with E-state index in [-0.39, 0.29) is 18.2 Å². The summed E-state index contributed by atoms with van der Waals surface area (Å²) in [5.41, 5.74) is -1.68. The van der Waals surface area contributed by atoms with Crippen LogP contribution in [-0.4, -0.2) is 21.0 Å². The van der Waals surface area contributed by atoms with Gasteiger partial charge in [0, 0.05) is 32.4 Å². The molecule has 9 heteroatoms. The van der Waals surface area contributed by atoms with Crippen molar-refractivity contribution in [1.29, 1.82) is 0 Å². The summed E-state index contributed by atoms with van der Waals surface area (Å²) in [7, 11) is 0. The number of imidazole rings is 1. The van der Waals surface area contributed by atoms with Crippen molar-refractivity contribution < 1.29 is 26.3 Å². The molecule has 0 saturated carbocycles. The Morgan fingerprint density at radius 3 is 2.16 bits per heavy atom. The predicted octanol–water partition coefficient (Wildman–Crippen LogP) is 4.33. The van der Waals surface area contributed by atoms with Crippen molar-refractivity contribution in [2.75, 3.05) is 6.54 Å². The fraction of sp³-hybridized carbons (Fsp3) is 0.438. The van der Waals surface area contributed by atoms with Gasteiger partial charge in [-0.15, -0.1) is 0 Å². The molecule has 2 heterocycles. The molecule has 1 aliphatic heterocycles. The van der Waals surface area contributed by atoms with E-state index in [1.165, 1.54) is 0 Å². The lowest BCUT2D eigenvalue weighted by Gasteiger charge is -2.21. The third-order valence-electron chi connectivity index (χ3n) is 4.11. The molecule has 3 nitrogen and oxygen atoms in total. The summed E-state index contributed by atoms with van der Waals surface area (Å²) in [6.45, 7) is 1.75. The number of alkyl halides is 6. The molecule has 0 atom stereocenters. The van der Waals surface area contributed by atoms with Crippen LogP contribution in [0.1, 0.15) is 28.8 Å². The summed E-state index contributed by atoms with van der Waals surface area (Å²) in [6, 6.07) is 1.73. The average molecular weight is 363 g/mol. The van der Waals surface area contributed by atoms with Crippen molar-refractivity contribution in [3.63, 3.8) is 0 Å². The van der Waals surface area contributed by atoms with E-state index < -0.39 is 23.5 Å². The lowest BCUT2D eigenvalue weighted by molar-refractivity contribution is -0.143. The van der Waals surface area contributed by atoms with Crippen molar-refractivity contribution in [2.45, 2.75) is 38.4 Å². The molecule has 0 N–H and O–H groups in total. The summed E-state index contributed by atoms with van der Waals surface area (Å²) < 4.78 is 79.6. The average Bonchev–Trinajstić information content (AvgIpc) is 2.84. The minimum Gasteiger partial charge on any atom is -0.333 e. The third kappa shape index (κ3) is 4.15. The van der Waals surface area contributed by atoms with Gasteiger partial charge in [0.1, 0.15) is 0 Å². The molecule has 0 aliphatic carbocycles. The van der Waals surface area contributed by atoms with Crippen LogP contribution in [0, 0.1) is 0 Å². The smallest absolute Gasteiger partial charge is 0.333 e. The molecule has 0 spiro atoms. The Morgan fingerprint density at radius 1 is 0.920 bits per heavy atom. The lowest BCUT2D eigenvalue weighted by Crippen LogP contribution is -2.23. The number of hydrogen-bond donors (Lipinski definition) is 0. The number of benzene rings is 1. The maximum atomic E-state index is 12.9. The van der Waals surface area contributed by atoms with Gasteiger partial charge in [0.15, 0.2) is 0 Å². The van der Waals surface area contributed by atoms with Crippen molar-refractivity contribution in [1.82, 2.24) is 14.5 Å². The highest BCUT2D eigenvalue weighted by Crippen LogP contribution is 2.36. The van der Waals surface area contributed by atoms with Crippen molar-refractivity contribution >= 4 is 0 Å². The molecule has 1 aromatic carbocycles. The fourth-order valence-corrected chi connectivity index (χ4v) is 2.96. The number of nitrogens with zero attached hydrogens (tertiary/aromatic N) is 3. The first-order valence-corrected chi connectivity index (χ1v) is 7.62. The largest absolute Gasteiger partial charge is 0.416 e. The van der Waals surface area contributed by atoms with Crippen LogP contribution in [0.5, 0.6) is 0 Å². The standard InChI is InChI=1S/C16H15F6N3/c17-15(18,19)12-4-11(5-13(6-12)16(20,21)22)8-24-2-1-3-25-10-23-7-14(25)9-24/h4-7,10H,1-3,8-9H2. The minimum absolute atomic E-state index is 0.00452.